The summed E-state index contributed by atoms with van der Waals surface area (Å²) in [5.74, 6) is 2.37. The average Bonchev–Trinajstić information content (AvgIpc) is 4.06. The van der Waals surface area contributed by atoms with Crippen molar-refractivity contribution in [2.75, 3.05) is 0 Å². The quantitative estimate of drug-likeness (QED) is 0.167. The van der Waals surface area contributed by atoms with Gasteiger partial charge in [-0.1, -0.05) is 165 Å². The van der Waals surface area contributed by atoms with Crippen molar-refractivity contribution in [3.63, 3.8) is 0 Å². The van der Waals surface area contributed by atoms with E-state index in [2.05, 4.69) is 156 Å². The third-order valence-corrected chi connectivity index (χ3v) is 14.2. The van der Waals surface area contributed by atoms with E-state index in [1.165, 1.54) is 50.2 Å². The Hall–Kier alpha value is -8.61. The first-order chi connectivity index (χ1) is 33.6. The van der Waals surface area contributed by atoms with Crippen LogP contribution in [-0.4, -0.2) is 24.1 Å². The van der Waals surface area contributed by atoms with Gasteiger partial charge in [-0.3, -0.25) is 0 Å². The molecule has 0 fully saturated rings. The lowest BCUT2D eigenvalue weighted by molar-refractivity contribution is 0.673. The maximum absolute atomic E-state index is 7.02. The van der Waals surface area contributed by atoms with Crippen LogP contribution in [0.3, 0.4) is 0 Å². The molecule has 0 amide bonds. The van der Waals surface area contributed by atoms with Crippen molar-refractivity contribution < 1.29 is 4.42 Å². The van der Waals surface area contributed by atoms with Gasteiger partial charge in [0.15, 0.2) is 17.5 Å². The van der Waals surface area contributed by atoms with Crippen molar-refractivity contribution >= 4 is 49.8 Å². The minimum atomic E-state index is 0.455. The minimum Gasteiger partial charge on any atom is -0.455 e. The van der Waals surface area contributed by atoms with Crippen LogP contribution in [0.15, 0.2) is 199 Å². The SMILES string of the molecule is CC1C=Cc2c(n(-c3ccccc3)c3ccc(-n4c5c(c6c7oc8ccccc8c7cc(-c7ccc(-c8nc(-c9ccccc9)nc(-c9ccccc9)n8)cc7)c64)-c4ccccc4CC5)cc23)C1. The lowest BCUT2D eigenvalue weighted by Crippen LogP contribution is -2.08. The van der Waals surface area contributed by atoms with E-state index in [-0.39, 0.29) is 0 Å². The van der Waals surface area contributed by atoms with Crippen molar-refractivity contribution in [3.05, 3.63) is 217 Å². The molecule has 0 saturated carbocycles. The second-order valence-corrected chi connectivity index (χ2v) is 18.3. The number of para-hydroxylation sites is 2. The molecule has 2 aliphatic rings. The Morgan fingerprint density at radius 1 is 0.500 bits per heavy atom. The van der Waals surface area contributed by atoms with E-state index in [1.54, 1.807) is 0 Å². The number of fused-ring (bicyclic) bond motifs is 12. The number of hydrogen-bond donors (Lipinski definition) is 0. The van der Waals surface area contributed by atoms with Crippen LogP contribution < -0.4 is 0 Å². The van der Waals surface area contributed by atoms with Gasteiger partial charge >= 0.3 is 0 Å². The van der Waals surface area contributed by atoms with E-state index < -0.39 is 0 Å². The fraction of sp³-hybridized carbons (Fsp3) is 0.0806. The summed E-state index contributed by atoms with van der Waals surface area (Å²) in [6.45, 7) is 2.31. The van der Waals surface area contributed by atoms with Crippen LogP contribution in [0.2, 0.25) is 0 Å². The molecule has 6 nitrogen and oxygen atoms in total. The van der Waals surface area contributed by atoms with Gasteiger partial charge in [-0.2, -0.15) is 0 Å². The van der Waals surface area contributed by atoms with Crippen molar-refractivity contribution in [3.8, 4) is 67.8 Å². The fourth-order valence-corrected chi connectivity index (χ4v) is 11.1. The average molecular weight is 874 g/mol. The molecule has 68 heavy (non-hydrogen) atoms. The van der Waals surface area contributed by atoms with Crippen molar-refractivity contribution in [2.24, 2.45) is 5.92 Å². The largest absolute Gasteiger partial charge is 0.455 e. The molecule has 14 rings (SSSR count). The highest BCUT2D eigenvalue weighted by molar-refractivity contribution is 6.24. The standard InChI is InChI=1S/C62H43N5O/c1-38-25-32-47-50-36-45(31-34-52(50)66(54(47)35-38)44-20-9-4-10-21-44)67-53-33-30-39-15-11-12-22-46(39)56(53)57-58(67)49(37-51-48-23-13-14-24-55(48)68-59(51)57)40-26-28-43(29-27-40)62-64-60(41-16-5-2-6-17-41)63-61(65-62)42-18-7-3-8-19-42/h2-29,31-32,34,36-38H,30,33,35H2,1H3. The fourth-order valence-electron chi connectivity index (χ4n) is 11.1. The summed E-state index contributed by atoms with van der Waals surface area (Å²) in [5, 5.41) is 4.62. The van der Waals surface area contributed by atoms with E-state index in [0.29, 0.717) is 23.4 Å². The number of benzene rings is 8. The molecule has 0 aliphatic heterocycles. The Kier molecular flexibility index (Phi) is 8.65. The molecular formula is C62H43N5O. The van der Waals surface area contributed by atoms with Crippen LogP contribution in [0, 0.1) is 5.92 Å². The number of hydrogen-bond acceptors (Lipinski definition) is 4. The molecule has 0 radical (unpaired) electrons. The van der Waals surface area contributed by atoms with Gasteiger partial charge in [0.05, 0.1) is 16.4 Å². The highest BCUT2D eigenvalue weighted by atomic mass is 16.3. The van der Waals surface area contributed by atoms with E-state index in [9.17, 15) is 0 Å². The molecule has 322 valence electrons. The van der Waals surface area contributed by atoms with Crippen LogP contribution in [0.25, 0.3) is 118 Å². The number of allylic oxidation sites excluding steroid dienone is 1. The first kappa shape index (κ1) is 38.6. The summed E-state index contributed by atoms with van der Waals surface area (Å²) in [6, 6.07) is 66.9. The van der Waals surface area contributed by atoms with Gasteiger partial charge in [-0.15, -0.1) is 0 Å². The van der Waals surface area contributed by atoms with Gasteiger partial charge in [-0.25, -0.2) is 15.0 Å². The van der Waals surface area contributed by atoms with Crippen molar-refractivity contribution in [2.45, 2.75) is 26.2 Å². The summed E-state index contributed by atoms with van der Waals surface area (Å²) < 4.78 is 12.1. The molecule has 6 heteroatoms. The molecule has 0 bridgehead atoms. The number of aryl methyl sites for hydroxylation is 1. The third-order valence-electron chi connectivity index (χ3n) is 14.2. The smallest absolute Gasteiger partial charge is 0.164 e. The van der Waals surface area contributed by atoms with E-state index in [0.717, 1.165) is 85.6 Å². The Bertz CT molecular complexity index is 3930. The van der Waals surface area contributed by atoms with Gasteiger partial charge in [0.1, 0.15) is 11.2 Å². The van der Waals surface area contributed by atoms with Crippen LogP contribution in [0.4, 0.5) is 0 Å². The molecule has 2 aliphatic carbocycles. The maximum atomic E-state index is 7.02. The predicted molar refractivity (Wildman–Crippen MR) is 277 cm³/mol. The van der Waals surface area contributed by atoms with Crippen LogP contribution in [-0.2, 0) is 19.3 Å². The summed E-state index contributed by atoms with van der Waals surface area (Å²) in [6.07, 6.45) is 7.57. The Labute approximate surface area is 393 Å². The second-order valence-electron chi connectivity index (χ2n) is 18.3. The molecule has 1 atom stereocenters. The molecule has 0 spiro atoms. The van der Waals surface area contributed by atoms with Gasteiger partial charge < -0.3 is 13.6 Å². The molecule has 12 aromatic rings. The molecular weight excluding hydrogens is 831 g/mol. The third kappa shape index (κ3) is 6.00. The van der Waals surface area contributed by atoms with Gasteiger partial charge in [0.25, 0.3) is 0 Å². The minimum absolute atomic E-state index is 0.455. The Morgan fingerprint density at radius 3 is 1.87 bits per heavy atom. The first-order valence-corrected chi connectivity index (χ1v) is 23.6. The maximum Gasteiger partial charge on any atom is 0.164 e. The van der Waals surface area contributed by atoms with E-state index >= 15 is 0 Å². The lowest BCUT2D eigenvalue weighted by Gasteiger charge is -2.20. The molecule has 0 N–H and O–H groups in total. The van der Waals surface area contributed by atoms with Crippen LogP contribution in [0.5, 0.6) is 0 Å². The first-order valence-electron chi connectivity index (χ1n) is 23.6. The number of furan rings is 1. The van der Waals surface area contributed by atoms with E-state index in [1.807, 2.05) is 60.7 Å². The van der Waals surface area contributed by atoms with Crippen LogP contribution >= 0.6 is 0 Å². The monoisotopic (exact) mass is 873 g/mol. The topological polar surface area (TPSA) is 61.7 Å². The van der Waals surface area contributed by atoms with Crippen molar-refractivity contribution in [1.29, 1.82) is 0 Å². The number of rotatable bonds is 6. The number of aromatic nitrogens is 5. The van der Waals surface area contributed by atoms with E-state index in [4.69, 9.17) is 19.4 Å². The molecule has 4 aromatic heterocycles. The Balaban J connectivity index is 1.03. The predicted octanol–water partition coefficient (Wildman–Crippen LogP) is 15.3. The molecule has 1 unspecified atom stereocenters. The van der Waals surface area contributed by atoms with Gasteiger partial charge in [-0.05, 0) is 84.3 Å². The summed E-state index contributed by atoms with van der Waals surface area (Å²) in [7, 11) is 0. The zero-order valence-corrected chi connectivity index (χ0v) is 37.4. The zero-order chi connectivity index (χ0) is 44.9. The molecule has 0 saturated heterocycles. The number of nitrogens with zero attached hydrogens (tertiary/aromatic N) is 5. The second kappa shape index (κ2) is 15.2. The summed E-state index contributed by atoms with van der Waals surface area (Å²) in [5.41, 5.74) is 19.4. The summed E-state index contributed by atoms with van der Waals surface area (Å²) >= 11 is 0. The van der Waals surface area contributed by atoms with Gasteiger partial charge in [0.2, 0.25) is 0 Å². The lowest BCUT2D eigenvalue weighted by atomic mass is 9.87. The normalized spacial score (nSPS) is 14.2. The summed E-state index contributed by atoms with van der Waals surface area (Å²) in [4.78, 5) is 15.1. The van der Waals surface area contributed by atoms with Crippen molar-refractivity contribution in [1.82, 2.24) is 24.1 Å². The van der Waals surface area contributed by atoms with Crippen LogP contribution in [0.1, 0.15) is 29.4 Å². The molecule has 4 heterocycles. The Morgan fingerprint density at radius 2 is 1.13 bits per heavy atom. The highest BCUT2D eigenvalue weighted by Gasteiger charge is 2.31. The molecule has 8 aromatic carbocycles. The highest BCUT2D eigenvalue weighted by Crippen LogP contribution is 2.50. The zero-order valence-electron chi connectivity index (χ0n) is 37.4. The van der Waals surface area contributed by atoms with Gasteiger partial charge in [0, 0.05) is 72.3 Å².